The van der Waals surface area contributed by atoms with Crippen molar-refractivity contribution in [2.45, 2.75) is 45.1 Å². The summed E-state index contributed by atoms with van der Waals surface area (Å²) in [7, 11) is 0. The van der Waals surface area contributed by atoms with Crippen LogP contribution in [0.4, 0.5) is 0 Å². The summed E-state index contributed by atoms with van der Waals surface area (Å²) in [5.74, 6) is -0.741. The first-order valence-electron chi connectivity index (χ1n) is 6.75. The van der Waals surface area contributed by atoms with Gasteiger partial charge in [0.2, 0.25) is 0 Å². The fourth-order valence-corrected chi connectivity index (χ4v) is 2.74. The molecule has 1 atom stereocenters. The maximum atomic E-state index is 10.8. The number of nitrogens with one attached hydrogen (secondary N) is 1. The molecule has 0 spiro atoms. The van der Waals surface area contributed by atoms with Crippen molar-refractivity contribution in [3.05, 3.63) is 34.9 Å². The van der Waals surface area contributed by atoms with Crippen LogP contribution in [0.15, 0.2) is 18.2 Å². The molecular formula is C15H21NO2. The van der Waals surface area contributed by atoms with Gasteiger partial charge in [0.15, 0.2) is 0 Å². The molecule has 98 valence electrons. The maximum absolute atomic E-state index is 10.8. The molecule has 1 aromatic carbocycles. The molecule has 1 aliphatic carbocycles. The predicted molar refractivity (Wildman–Crippen MR) is 71.9 cm³/mol. The first-order chi connectivity index (χ1) is 8.70. The first-order valence-corrected chi connectivity index (χ1v) is 6.75. The van der Waals surface area contributed by atoms with Crippen LogP contribution in [0.2, 0.25) is 0 Å². The lowest BCUT2D eigenvalue weighted by Gasteiger charge is -2.27. The van der Waals surface area contributed by atoms with Crippen molar-refractivity contribution in [3.8, 4) is 0 Å². The van der Waals surface area contributed by atoms with Gasteiger partial charge in [0.05, 0.1) is 6.42 Å². The molecule has 0 radical (unpaired) electrons. The molecular weight excluding hydrogens is 226 g/mol. The van der Waals surface area contributed by atoms with E-state index < -0.39 is 5.97 Å². The standard InChI is InChI=1S/C15H21NO2/c1-2-8-16-13-6-7-14-11(9-13)4-3-5-12(14)10-15(17)18/h3-5,13,16H,2,6-10H2,1H3,(H,17,18). The van der Waals surface area contributed by atoms with Gasteiger partial charge in [-0.2, -0.15) is 0 Å². The monoisotopic (exact) mass is 247 g/mol. The lowest BCUT2D eigenvalue weighted by molar-refractivity contribution is -0.136. The Balaban J connectivity index is 2.11. The van der Waals surface area contributed by atoms with Crippen LogP contribution < -0.4 is 5.32 Å². The Bertz CT molecular complexity index is 429. The van der Waals surface area contributed by atoms with Crippen molar-refractivity contribution >= 4 is 5.97 Å². The van der Waals surface area contributed by atoms with Crippen molar-refractivity contribution in [3.63, 3.8) is 0 Å². The average Bonchev–Trinajstić information content (AvgIpc) is 2.35. The highest BCUT2D eigenvalue weighted by molar-refractivity contribution is 5.71. The van der Waals surface area contributed by atoms with E-state index in [9.17, 15) is 4.79 Å². The number of hydrogen-bond acceptors (Lipinski definition) is 2. The Kier molecular flexibility index (Phi) is 4.37. The molecule has 0 aliphatic heterocycles. The molecule has 0 saturated heterocycles. The summed E-state index contributed by atoms with van der Waals surface area (Å²) in [6.45, 7) is 3.24. The maximum Gasteiger partial charge on any atom is 0.307 e. The number of aliphatic carboxylic acids is 1. The van der Waals surface area contributed by atoms with Gasteiger partial charge in [-0.05, 0) is 48.9 Å². The lowest BCUT2D eigenvalue weighted by atomic mass is 9.84. The first kappa shape index (κ1) is 13.1. The summed E-state index contributed by atoms with van der Waals surface area (Å²) in [4.78, 5) is 10.8. The number of fused-ring (bicyclic) bond motifs is 1. The fraction of sp³-hybridized carbons (Fsp3) is 0.533. The summed E-state index contributed by atoms with van der Waals surface area (Å²) in [5.41, 5.74) is 3.59. The van der Waals surface area contributed by atoms with Gasteiger partial charge < -0.3 is 10.4 Å². The Morgan fingerprint density at radius 2 is 2.33 bits per heavy atom. The van der Waals surface area contributed by atoms with E-state index >= 15 is 0 Å². The molecule has 0 fully saturated rings. The zero-order chi connectivity index (χ0) is 13.0. The average molecular weight is 247 g/mol. The van der Waals surface area contributed by atoms with Gasteiger partial charge in [0.25, 0.3) is 0 Å². The van der Waals surface area contributed by atoms with Gasteiger partial charge in [-0.1, -0.05) is 25.1 Å². The van der Waals surface area contributed by atoms with E-state index in [-0.39, 0.29) is 6.42 Å². The molecule has 2 rings (SSSR count). The minimum atomic E-state index is -0.741. The highest BCUT2D eigenvalue weighted by atomic mass is 16.4. The SMILES string of the molecule is CCCNC1CCc2c(CC(=O)O)cccc2C1. The quantitative estimate of drug-likeness (QED) is 0.838. The Hall–Kier alpha value is -1.35. The van der Waals surface area contributed by atoms with E-state index in [0.717, 1.165) is 37.8 Å². The van der Waals surface area contributed by atoms with Crippen LogP contribution in [0.5, 0.6) is 0 Å². The van der Waals surface area contributed by atoms with E-state index in [2.05, 4.69) is 18.3 Å². The molecule has 0 amide bonds. The Morgan fingerprint density at radius 1 is 1.50 bits per heavy atom. The Morgan fingerprint density at radius 3 is 3.06 bits per heavy atom. The zero-order valence-corrected chi connectivity index (χ0v) is 10.9. The van der Waals surface area contributed by atoms with Gasteiger partial charge in [-0.25, -0.2) is 0 Å². The highest BCUT2D eigenvalue weighted by Gasteiger charge is 2.20. The van der Waals surface area contributed by atoms with Crippen LogP contribution in [-0.2, 0) is 24.1 Å². The van der Waals surface area contributed by atoms with Crippen LogP contribution in [-0.4, -0.2) is 23.7 Å². The minimum Gasteiger partial charge on any atom is -0.481 e. The molecule has 0 saturated carbocycles. The van der Waals surface area contributed by atoms with Crippen LogP contribution in [0.3, 0.4) is 0 Å². The molecule has 0 bridgehead atoms. The molecule has 1 unspecified atom stereocenters. The largest absolute Gasteiger partial charge is 0.481 e. The number of benzene rings is 1. The zero-order valence-electron chi connectivity index (χ0n) is 10.9. The van der Waals surface area contributed by atoms with Gasteiger partial charge in [0, 0.05) is 6.04 Å². The second-order valence-electron chi connectivity index (χ2n) is 5.02. The van der Waals surface area contributed by atoms with E-state index in [1.165, 1.54) is 11.1 Å². The number of carboxylic acid groups (broad SMARTS) is 1. The summed E-state index contributed by atoms with van der Waals surface area (Å²) >= 11 is 0. The number of rotatable bonds is 5. The molecule has 2 N–H and O–H groups in total. The van der Waals surface area contributed by atoms with Gasteiger partial charge in [0.1, 0.15) is 0 Å². The van der Waals surface area contributed by atoms with Crippen LogP contribution in [0.25, 0.3) is 0 Å². The third kappa shape index (κ3) is 3.10. The summed E-state index contributed by atoms with van der Waals surface area (Å²) < 4.78 is 0. The minimum absolute atomic E-state index is 0.149. The number of carboxylic acids is 1. The van der Waals surface area contributed by atoms with Crippen LogP contribution in [0.1, 0.15) is 36.5 Å². The third-order valence-electron chi connectivity index (χ3n) is 3.60. The van der Waals surface area contributed by atoms with Gasteiger partial charge >= 0.3 is 5.97 Å². The third-order valence-corrected chi connectivity index (χ3v) is 3.60. The van der Waals surface area contributed by atoms with Gasteiger partial charge in [-0.15, -0.1) is 0 Å². The smallest absolute Gasteiger partial charge is 0.307 e. The summed E-state index contributed by atoms with van der Waals surface area (Å²) in [6.07, 6.45) is 4.45. The summed E-state index contributed by atoms with van der Waals surface area (Å²) in [6, 6.07) is 6.63. The molecule has 3 heteroatoms. The van der Waals surface area contributed by atoms with Gasteiger partial charge in [-0.3, -0.25) is 4.79 Å². The Labute approximate surface area is 108 Å². The fourth-order valence-electron chi connectivity index (χ4n) is 2.74. The topological polar surface area (TPSA) is 49.3 Å². The lowest BCUT2D eigenvalue weighted by Crippen LogP contribution is -2.35. The normalized spacial score (nSPS) is 18.4. The van der Waals surface area contributed by atoms with Crippen molar-refractivity contribution < 1.29 is 9.90 Å². The van der Waals surface area contributed by atoms with Crippen molar-refractivity contribution in [2.75, 3.05) is 6.54 Å². The van der Waals surface area contributed by atoms with Crippen molar-refractivity contribution in [1.29, 1.82) is 0 Å². The van der Waals surface area contributed by atoms with Crippen molar-refractivity contribution in [2.24, 2.45) is 0 Å². The van der Waals surface area contributed by atoms with E-state index in [4.69, 9.17) is 5.11 Å². The van der Waals surface area contributed by atoms with E-state index in [1.807, 2.05) is 12.1 Å². The predicted octanol–water partition coefficient (Wildman–Crippen LogP) is 2.17. The molecule has 1 aliphatic rings. The molecule has 3 nitrogen and oxygen atoms in total. The van der Waals surface area contributed by atoms with Crippen LogP contribution >= 0.6 is 0 Å². The highest BCUT2D eigenvalue weighted by Crippen LogP contribution is 2.25. The van der Waals surface area contributed by atoms with E-state index in [1.54, 1.807) is 0 Å². The second-order valence-corrected chi connectivity index (χ2v) is 5.02. The number of carbonyl (C=O) groups is 1. The molecule has 1 aromatic rings. The number of hydrogen-bond donors (Lipinski definition) is 2. The van der Waals surface area contributed by atoms with E-state index in [0.29, 0.717) is 6.04 Å². The summed E-state index contributed by atoms with van der Waals surface area (Å²) in [5, 5.41) is 12.5. The molecule has 18 heavy (non-hydrogen) atoms. The second kappa shape index (κ2) is 6.01. The van der Waals surface area contributed by atoms with Crippen LogP contribution in [0, 0.1) is 0 Å². The molecule has 0 heterocycles. The van der Waals surface area contributed by atoms with Crippen molar-refractivity contribution in [1.82, 2.24) is 5.32 Å². The molecule has 0 aromatic heterocycles.